The van der Waals surface area contributed by atoms with Crippen molar-refractivity contribution in [2.24, 2.45) is 11.8 Å². The molecule has 0 saturated carbocycles. The molecule has 1 N–H and O–H groups in total. The first-order valence-corrected chi connectivity index (χ1v) is 7.08. The van der Waals surface area contributed by atoms with E-state index in [0.717, 1.165) is 13.0 Å². The fourth-order valence-corrected chi connectivity index (χ4v) is 2.88. The number of hydrogen-bond acceptors (Lipinski definition) is 2. The van der Waals surface area contributed by atoms with Crippen molar-refractivity contribution in [2.45, 2.75) is 33.2 Å². The van der Waals surface area contributed by atoms with Crippen molar-refractivity contribution in [3.05, 3.63) is 35.4 Å². The highest BCUT2D eigenvalue weighted by Gasteiger charge is 2.36. The molecule has 1 aliphatic rings. The van der Waals surface area contributed by atoms with Crippen LogP contribution in [0.4, 0.5) is 0 Å². The number of benzene rings is 1. The summed E-state index contributed by atoms with van der Waals surface area (Å²) in [5.41, 5.74) is 2.62. The van der Waals surface area contributed by atoms with E-state index in [0.29, 0.717) is 6.54 Å². The van der Waals surface area contributed by atoms with Gasteiger partial charge in [0.1, 0.15) is 0 Å². The van der Waals surface area contributed by atoms with Gasteiger partial charge in [0.25, 0.3) is 0 Å². The summed E-state index contributed by atoms with van der Waals surface area (Å²) in [6.07, 6.45) is 1.05. The summed E-state index contributed by atoms with van der Waals surface area (Å²) in [6.45, 7) is 7.88. The lowest BCUT2D eigenvalue weighted by molar-refractivity contribution is -0.142. The topological polar surface area (TPSA) is 40.5 Å². The third-order valence-electron chi connectivity index (χ3n) is 4.38. The van der Waals surface area contributed by atoms with E-state index in [1.54, 1.807) is 0 Å². The van der Waals surface area contributed by atoms with Crippen LogP contribution in [0.5, 0.6) is 0 Å². The van der Waals surface area contributed by atoms with E-state index in [1.807, 2.05) is 6.92 Å². The molecule has 1 saturated heterocycles. The second kappa shape index (κ2) is 5.74. The van der Waals surface area contributed by atoms with Crippen LogP contribution in [0.15, 0.2) is 24.3 Å². The number of carboxylic acids is 1. The molecule has 1 aromatic carbocycles. The smallest absolute Gasteiger partial charge is 0.308 e. The number of aryl methyl sites for hydroxylation is 1. The Bertz CT molecular complexity index is 441. The summed E-state index contributed by atoms with van der Waals surface area (Å²) >= 11 is 0. The third kappa shape index (κ3) is 2.98. The van der Waals surface area contributed by atoms with E-state index in [4.69, 9.17) is 0 Å². The Morgan fingerprint density at radius 1 is 1.37 bits per heavy atom. The fraction of sp³-hybridized carbons (Fsp3) is 0.562. The van der Waals surface area contributed by atoms with Crippen LogP contribution in [0.25, 0.3) is 0 Å². The Hall–Kier alpha value is -1.35. The largest absolute Gasteiger partial charge is 0.481 e. The normalized spacial score (nSPS) is 25.4. The van der Waals surface area contributed by atoms with Crippen molar-refractivity contribution in [3.63, 3.8) is 0 Å². The Morgan fingerprint density at radius 3 is 2.47 bits per heavy atom. The van der Waals surface area contributed by atoms with Gasteiger partial charge in [-0.05, 0) is 30.4 Å². The summed E-state index contributed by atoms with van der Waals surface area (Å²) in [5.74, 6) is -0.657. The van der Waals surface area contributed by atoms with Gasteiger partial charge in [0.2, 0.25) is 0 Å². The van der Waals surface area contributed by atoms with Crippen LogP contribution in [0, 0.1) is 11.8 Å². The summed E-state index contributed by atoms with van der Waals surface area (Å²) < 4.78 is 0. The van der Waals surface area contributed by atoms with Crippen molar-refractivity contribution >= 4 is 5.97 Å². The molecular formula is C16H23NO2. The Kier molecular flexibility index (Phi) is 4.25. The van der Waals surface area contributed by atoms with Crippen LogP contribution in [0.3, 0.4) is 0 Å². The van der Waals surface area contributed by atoms with Gasteiger partial charge in [-0.15, -0.1) is 0 Å². The predicted molar refractivity (Wildman–Crippen MR) is 76.1 cm³/mol. The third-order valence-corrected chi connectivity index (χ3v) is 4.38. The number of carbonyl (C=O) groups is 1. The van der Waals surface area contributed by atoms with Gasteiger partial charge in [0, 0.05) is 19.1 Å². The molecule has 1 aliphatic heterocycles. The number of likely N-dealkylation sites (tertiary alicyclic amines) is 1. The minimum absolute atomic E-state index is 0.225. The second-order valence-electron chi connectivity index (χ2n) is 5.65. The van der Waals surface area contributed by atoms with Crippen molar-refractivity contribution in [2.75, 3.05) is 13.1 Å². The zero-order chi connectivity index (χ0) is 14.0. The molecule has 3 atom stereocenters. The predicted octanol–water partition coefficient (Wildman–Crippen LogP) is 2.96. The van der Waals surface area contributed by atoms with Crippen molar-refractivity contribution < 1.29 is 9.90 Å². The van der Waals surface area contributed by atoms with E-state index in [9.17, 15) is 9.90 Å². The lowest BCUT2D eigenvalue weighted by Crippen LogP contribution is -2.26. The minimum atomic E-state index is -0.663. The quantitative estimate of drug-likeness (QED) is 0.906. The van der Waals surface area contributed by atoms with E-state index >= 15 is 0 Å². The number of carboxylic acid groups (broad SMARTS) is 1. The molecule has 104 valence electrons. The molecule has 2 rings (SSSR count). The standard InChI is InChI=1S/C16H23NO2/c1-4-13-5-7-14(8-6-13)12(3)17-9-11(2)15(10-17)16(18)19/h5-8,11-12,15H,4,9-10H2,1-3H3,(H,18,19). The first kappa shape index (κ1) is 14.1. The highest BCUT2D eigenvalue weighted by molar-refractivity contribution is 5.71. The van der Waals surface area contributed by atoms with Crippen LogP contribution in [0.1, 0.15) is 37.9 Å². The SMILES string of the molecule is CCc1ccc(C(C)N2CC(C)C(C(=O)O)C2)cc1. The van der Waals surface area contributed by atoms with Gasteiger partial charge in [0.05, 0.1) is 5.92 Å². The summed E-state index contributed by atoms with van der Waals surface area (Å²) in [7, 11) is 0. The highest BCUT2D eigenvalue weighted by Crippen LogP contribution is 2.31. The highest BCUT2D eigenvalue weighted by atomic mass is 16.4. The van der Waals surface area contributed by atoms with Crippen molar-refractivity contribution in [1.82, 2.24) is 4.90 Å². The second-order valence-corrected chi connectivity index (χ2v) is 5.65. The van der Waals surface area contributed by atoms with Crippen LogP contribution in [-0.2, 0) is 11.2 Å². The molecule has 3 unspecified atom stereocenters. The molecular weight excluding hydrogens is 238 g/mol. The summed E-state index contributed by atoms with van der Waals surface area (Å²) in [6, 6.07) is 8.96. The van der Waals surface area contributed by atoms with E-state index in [2.05, 4.69) is 43.0 Å². The average Bonchev–Trinajstić information content (AvgIpc) is 2.80. The van der Waals surface area contributed by atoms with Crippen LogP contribution in [0.2, 0.25) is 0 Å². The van der Waals surface area contributed by atoms with Crippen LogP contribution >= 0.6 is 0 Å². The maximum atomic E-state index is 11.2. The first-order valence-electron chi connectivity index (χ1n) is 7.08. The van der Waals surface area contributed by atoms with Gasteiger partial charge < -0.3 is 5.11 Å². The maximum Gasteiger partial charge on any atom is 0.308 e. The molecule has 0 bridgehead atoms. The van der Waals surface area contributed by atoms with Gasteiger partial charge in [0.15, 0.2) is 0 Å². The molecule has 0 amide bonds. The number of rotatable bonds is 4. The minimum Gasteiger partial charge on any atom is -0.481 e. The Morgan fingerprint density at radius 2 is 2.00 bits per heavy atom. The van der Waals surface area contributed by atoms with Gasteiger partial charge >= 0.3 is 5.97 Å². The zero-order valence-corrected chi connectivity index (χ0v) is 12.0. The van der Waals surface area contributed by atoms with Crippen LogP contribution in [-0.4, -0.2) is 29.1 Å². The summed E-state index contributed by atoms with van der Waals surface area (Å²) in [5, 5.41) is 9.20. The molecule has 1 heterocycles. The Balaban J connectivity index is 2.07. The van der Waals surface area contributed by atoms with Gasteiger partial charge in [-0.25, -0.2) is 0 Å². The van der Waals surface area contributed by atoms with E-state index in [1.165, 1.54) is 11.1 Å². The molecule has 1 aromatic rings. The fourth-order valence-electron chi connectivity index (χ4n) is 2.88. The Labute approximate surface area is 115 Å². The average molecular weight is 261 g/mol. The lowest BCUT2D eigenvalue weighted by Gasteiger charge is -2.24. The van der Waals surface area contributed by atoms with E-state index < -0.39 is 5.97 Å². The molecule has 0 radical (unpaired) electrons. The van der Waals surface area contributed by atoms with Gasteiger partial charge in [-0.2, -0.15) is 0 Å². The maximum absolute atomic E-state index is 11.2. The summed E-state index contributed by atoms with van der Waals surface area (Å²) in [4.78, 5) is 13.5. The van der Waals surface area contributed by atoms with Gasteiger partial charge in [-0.3, -0.25) is 9.69 Å². The molecule has 1 fully saturated rings. The molecule has 3 heteroatoms. The molecule has 3 nitrogen and oxygen atoms in total. The number of nitrogens with zero attached hydrogens (tertiary/aromatic N) is 1. The number of hydrogen-bond donors (Lipinski definition) is 1. The lowest BCUT2D eigenvalue weighted by atomic mass is 9.99. The molecule has 19 heavy (non-hydrogen) atoms. The monoisotopic (exact) mass is 261 g/mol. The van der Waals surface area contributed by atoms with Crippen molar-refractivity contribution in [1.29, 1.82) is 0 Å². The van der Waals surface area contributed by atoms with Crippen molar-refractivity contribution in [3.8, 4) is 0 Å². The molecule has 0 aromatic heterocycles. The molecule has 0 spiro atoms. The van der Waals surface area contributed by atoms with Crippen LogP contribution < -0.4 is 0 Å². The van der Waals surface area contributed by atoms with E-state index in [-0.39, 0.29) is 17.9 Å². The number of aliphatic carboxylic acids is 1. The first-order chi connectivity index (χ1) is 9.02. The molecule has 0 aliphatic carbocycles. The van der Waals surface area contributed by atoms with Gasteiger partial charge in [-0.1, -0.05) is 38.1 Å². The zero-order valence-electron chi connectivity index (χ0n) is 12.0.